The van der Waals surface area contributed by atoms with Crippen LogP contribution in [0.4, 0.5) is 5.13 Å². The maximum absolute atomic E-state index is 8.97. The SMILES string of the molecule is N#Cc1ccc(Cl)c(C2CCc3nc(N)sc32)c1. The van der Waals surface area contributed by atoms with Crippen LogP contribution >= 0.6 is 22.9 Å². The number of hydrogen-bond acceptors (Lipinski definition) is 4. The van der Waals surface area contributed by atoms with Gasteiger partial charge in [-0.3, -0.25) is 0 Å². The van der Waals surface area contributed by atoms with E-state index in [-0.39, 0.29) is 5.92 Å². The summed E-state index contributed by atoms with van der Waals surface area (Å²) in [7, 11) is 0. The fourth-order valence-corrected chi connectivity index (χ4v) is 3.71. The molecule has 2 aromatic rings. The van der Waals surface area contributed by atoms with Crippen LogP contribution in [0.15, 0.2) is 18.2 Å². The molecule has 1 aromatic heterocycles. The van der Waals surface area contributed by atoms with Crippen LogP contribution in [0.25, 0.3) is 0 Å². The molecule has 90 valence electrons. The molecule has 1 aliphatic carbocycles. The van der Waals surface area contributed by atoms with Gasteiger partial charge in [0.25, 0.3) is 0 Å². The predicted octanol–water partition coefficient (Wildman–Crippen LogP) is 3.33. The standard InChI is InChI=1S/C13H10ClN3S/c14-10-3-1-7(6-15)5-9(10)8-2-4-11-12(8)18-13(16)17-11/h1,3,5,8H,2,4H2,(H2,16,17). The van der Waals surface area contributed by atoms with Crippen LogP contribution in [0.2, 0.25) is 5.02 Å². The summed E-state index contributed by atoms with van der Waals surface area (Å²) in [6, 6.07) is 7.55. The van der Waals surface area contributed by atoms with Crippen LogP contribution in [0.3, 0.4) is 0 Å². The van der Waals surface area contributed by atoms with Crippen molar-refractivity contribution in [2.45, 2.75) is 18.8 Å². The first-order chi connectivity index (χ1) is 8.69. The van der Waals surface area contributed by atoms with E-state index in [0.29, 0.717) is 15.7 Å². The zero-order chi connectivity index (χ0) is 12.7. The van der Waals surface area contributed by atoms with Crippen LogP contribution in [0.1, 0.15) is 34.0 Å². The topological polar surface area (TPSA) is 62.7 Å². The summed E-state index contributed by atoms with van der Waals surface area (Å²) < 4.78 is 0. The molecular formula is C13H10ClN3S. The summed E-state index contributed by atoms with van der Waals surface area (Å²) in [5, 5.41) is 10.3. The Morgan fingerprint density at radius 1 is 1.50 bits per heavy atom. The Labute approximate surface area is 114 Å². The lowest BCUT2D eigenvalue weighted by Crippen LogP contribution is -1.96. The fourth-order valence-electron chi connectivity index (χ4n) is 2.42. The Kier molecular flexibility index (Phi) is 2.73. The minimum Gasteiger partial charge on any atom is -0.375 e. The zero-order valence-electron chi connectivity index (χ0n) is 9.48. The third-order valence-electron chi connectivity index (χ3n) is 3.23. The highest BCUT2D eigenvalue weighted by atomic mass is 35.5. The Bertz CT molecular complexity index is 657. The molecule has 1 atom stereocenters. The van der Waals surface area contributed by atoms with E-state index in [0.717, 1.165) is 24.1 Å². The highest BCUT2D eigenvalue weighted by Crippen LogP contribution is 2.44. The number of aromatic nitrogens is 1. The molecule has 0 saturated carbocycles. The van der Waals surface area contributed by atoms with Gasteiger partial charge in [0.15, 0.2) is 5.13 Å². The number of hydrogen-bond donors (Lipinski definition) is 1. The zero-order valence-corrected chi connectivity index (χ0v) is 11.1. The molecule has 1 aromatic carbocycles. The molecule has 0 saturated heterocycles. The number of thiazole rings is 1. The van der Waals surface area contributed by atoms with Crippen molar-refractivity contribution in [2.24, 2.45) is 0 Å². The number of nitriles is 1. The largest absolute Gasteiger partial charge is 0.375 e. The minimum atomic E-state index is 0.232. The lowest BCUT2D eigenvalue weighted by atomic mass is 9.96. The van der Waals surface area contributed by atoms with E-state index in [4.69, 9.17) is 22.6 Å². The van der Waals surface area contributed by atoms with Gasteiger partial charge in [0.05, 0.1) is 17.3 Å². The molecule has 0 bridgehead atoms. The number of rotatable bonds is 1. The second-order valence-electron chi connectivity index (χ2n) is 4.30. The van der Waals surface area contributed by atoms with Gasteiger partial charge < -0.3 is 5.73 Å². The highest BCUT2D eigenvalue weighted by Gasteiger charge is 2.29. The quantitative estimate of drug-likeness (QED) is 0.868. The van der Waals surface area contributed by atoms with Crippen molar-refractivity contribution in [3.05, 3.63) is 44.9 Å². The lowest BCUT2D eigenvalue weighted by molar-refractivity contribution is 0.790. The second-order valence-corrected chi connectivity index (χ2v) is 5.77. The number of benzene rings is 1. The van der Waals surface area contributed by atoms with Gasteiger partial charge in [-0.1, -0.05) is 11.6 Å². The Balaban J connectivity index is 2.09. The average Bonchev–Trinajstić information content (AvgIpc) is 2.89. The van der Waals surface area contributed by atoms with Gasteiger partial charge in [-0.2, -0.15) is 5.26 Å². The van der Waals surface area contributed by atoms with Crippen molar-refractivity contribution in [3.8, 4) is 6.07 Å². The Hall–Kier alpha value is -1.57. The number of aryl methyl sites for hydroxylation is 1. The Morgan fingerprint density at radius 3 is 3.11 bits per heavy atom. The van der Waals surface area contributed by atoms with Gasteiger partial charge in [-0.05, 0) is 36.6 Å². The maximum Gasteiger partial charge on any atom is 0.180 e. The minimum absolute atomic E-state index is 0.232. The second kappa shape index (κ2) is 4.27. The van der Waals surface area contributed by atoms with Crippen molar-refractivity contribution in [2.75, 3.05) is 5.73 Å². The van der Waals surface area contributed by atoms with Crippen LogP contribution in [0, 0.1) is 11.3 Å². The fraction of sp³-hybridized carbons (Fsp3) is 0.231. The van der Waals surface area contributed by atoms with Gasteiger partial charge in [-0.15, -0.1) is 11.3 Å². The van der Waals surface area contributed by atoms with Crippen LogP contribution in [-0.4, -0.2) is 4.98 Å². The van der Waals surface area contributed by atoms with Crippen molar-refractivity contribution in [3.63, 3.8) is 0 Å². The monoisotopic (exact) mass is 275 g/mol. The van der Waals surface area contributed by atoms with Gasteiger partial charge >= 0.3 is 0 Å². The first-order valence-corrected chi connectivity index (χ1v) is 6.83. The molecule has 2 N–H and O–H groups in total. The van der Waals surface area contributed by atoms with Crippen LogP contribution in [-0.2, 0) is 6.42 Å². The number of nitrogens with two attached hydrogens (primary N) is 1. The highest BCUT2D eigenvalue weighted by molar-refractivity contribution is 7.15. The molecule has 0 aliphatic heterocycles. The molecule has 0 fully saturated rings. The van der Waals surface area contributed by atoms with E-state index in [9.17, 15) is 0 Å². The Morgan fingerprint density at radius 2 is 2.33 bits per heavy atom. The number of halogens is 1. The summed E-state index contributed by atoms with van der Waals surface area (Å²) in [6.07, 6.45) is 1.92. The summed E-state index contributed by atoms with van der Waals surface area (Å²) in [6.45, 7) is 0. The molecule has 0 radical (unpaired) electrons. The molecule has 18 heavy (non-hydrogen) atoms. The van der Waals surface area contributed by atoms with E-state index >= 15 is 0 Å². The number of nitrogens with zero attached hydrogens (tertiary/aromatic N) is 2. The van der Waals surface area contributed by atoms with E-state index in [1.807, 2.05) is 6.07 Å². The van der Waals surface area contributed by atoms with Crippen molar-refractivity contribution in [1.82, 2.24) is 4.98 Å². The van der Waals surface area contributed by atoms with Crippen LogP contribution < -0.4 is 5.73 Å². The number of nitrogen functional groups attached to an aromatic ring is 1. The van der Waals surface area contributed by atoms with Crippen LogP contribution in [0.5, 0.6) is 0 Å². The smallest absolute Gasteiger partial charge is 0.180 e. The predicted molar refractivity (Wildman–Crippen MR) is 72.9 cm³/mol. The van der Waals surface area contributed by atoms with E-state index in [1.54, 1.807) is 12.1 Å². The van der Waals surface area contributed by atoms with Crippen molar-refractivity contribution < 1.29 is 0 Å². The van der Waals surface area contributed by atoms with Gasteiger partial charge in [0.1, 0.15) is 0 Å². The van der Waals surface area contributed by atoms with E-state index in [1.165, 1.54) is 16.2 Å². The molecule has 3 rings (SSSR count). The first kappa shape index (κ1) is 11.5. The normalized spacial score (nSPS) is 17.4. The summed E-state index contributed by atoms with van der Waals surface area (Å²) >= 11 is 7.78. The number of fused-ring (bicyclic) bond motifs is 1. The molecule has 1 heterocycles. The molecule has 1 aliphatic rings. The summed E-state index contributed by atoms with van der Waals surface area (Å²) in [5.41, 5.74) is 8.48. The van der Waals surface area contributed by atoms with E-state index in [2.05, 4.69) is 11.1 Å². The van der Waals surface area contributed by atoms with Crippen molar-refractivity contribution >= 4 is 28.1 Å². The molecular weight excluding hydrogens is 266 g/mol. The van der Waals surface area contributed by atoms with Crippen molar-refractivity contribution in [1.29, 1.82) is 5.26 Å². The van der Waals surface area contributed by atoms with E-state index < -0.39 is 0 Å². The molecule has 1 unspecified atom stereocenters. The molecule has 3 nitrogen and oxygen atoms in total. The third kappa shape index (κ3) is 1.76. The molecule has 0 spiro atoms. The third-order valence-corrected chi connectivity index (χ3v) is 4.62. The maximum atomic E-state index is 8.97. The average molecular weight is 276 g/mol. The van der Waals surface area contributed by atoms with Gasteiger partial charge in [0.2, 0.25) is 0 Å². The first-order valence-electron chi connectivity index (χ1n) is 5.63. The van der Waals surface area contributed by atoms with Gasteiger partial charge in [-0.25, -0.2) is 4.98 Å². The lowest BCUT2D eigenvalue weighted by Gasteiger charge is -2.12. The number of anilines is 1. The molecule has 5 heteroatoms. The molecule has 0 amide bonds. The summed E-state index contributed by atoms with van der Waals surface area (Å²) in [5.74, 6) is 0.232. The summed E-state index contributed by atoms with van der Waals surface area (Å²) in [4.78, 5) is 5.53. The van der Waals surface area contributed by atoms with Gasteiger partial charge in [0, 0.05) is 15.8 Å².